The fourth-order valence-corrected chi connectivity index (χ4v) is 5.21. The highest BCUT2D eigenvalue weighted by Gasteiger charge is 2.31. The van der Waals surface area contributed by atoms with E-state index in [9.17, 15) is 14.7 Å². The van der Waals surface area contributed by atoms with Gasteiger partial charge in [0.1, 0.15) is 5.75 Å². The molecule has 0 atom stereocenters. The van der Waals surface area contributed by atoms with Gasteiger partial charge in [-0.15, -0.1) is 0 Å². The van der Waals surface area contributed by atoms with Crippen molar-refractivity contribution in [3.8, 4) is 17.0 Å². The molecule has 2 amide bonds. The molecule has 0 aliphatic heterocycles. The lowest BCUT2D eigenvalue weighted by molar-refractivity contribution is 0.0786. The highest BCUT2D eigenvalue weighted by atomic mass is 16.5. The number of rotatable bonds is 7. The Labute approximate surface area is 218 Å². The molecule has 0 radical (unpaired) electrons. The van der Waals surface area contributed by atoms with Gasteiger partial charge >= 0.3 is 6.09 Å². The van der Waals surface area contributed by atoms with Crippen molar-refractivity contribution in [2.75, 3.05) is 20.2 Å². The number of aromatic nitrogens is 1. The Bertz CT molecular complexity index is 1260. The topological polar surface area (TPSA) is 91.8 Å². The van der Waals surface area contributed by atoms with Crippen molar-refractivity contribution in [1.82, 2.24) is 15.2 Å². The molecule has 2 N–H and O–H groups in total. The van der Waals surface area contributed by atoms with Gasteiger partial charge in [-0.3, -0.25) is 4.79 Å². The van der Waals surface area contributed by atoms with Gasteiger partial charge in [0.25, 0.3) is 5.91 Å². The van der Waals surface area contributed by atoms with Crippen LogP contribution in [0, 0.1) is 11.8 Å². The Kier molecular flexibility index (Phi) is 8.00. The second kappa shape index (κ2) is 11.2. The zero-order valence-electron chi connectivity index (χ0n) is 22.2. The third-order valence-corrected chi connectivity index (χ3v) is 7.34. The number of carbonyl (C=O) groups is 2. The summed E-state index contributed by atoms with van der Waals surface area (Å²) in [7, 11) is 1.63. The third kappa shape index (κ3) is 6.21. The predicted molar refractivity (Wildman–Crippen MR) is 146 cm³/mol. The van der Waals surface area contributed by atoms with Crippen LogP contribution in [0.15, 0.2) is 54.6 Å². The fraction of sp³-hybridized carbons (Fsp3) is 0.433. The van der Waals surface area contributed by atoms with Gasteiger partial charge in [0.2, 0.25) is 0 Å². The molecule has 2 aromatic carbocycles. The first-order valence-electron chi connectivity index (χ1n) is 13.0. The van der Waals surface area contributed by atoms with Crippen molar-refractivity contribution in [1.29, 1.82) is 0 Å². The average molecular weight is 504 g/mol. The van der Waals surface area contributed by atoms with Crippen molar-refractivity contribution in [2.24, 2.45) is 11.8 Å². The van der Waals surface area contributed by atoms with Gasteiger partial charge in [-0.1, -0.05) is 30.3 Å². The summed E-state index contributed by atoms with van der Waals surface area (Å²) in [5, 5.41) is 13.6. The van der Waals surface area contributed by atoms with Crippen LogP contribution in [0.3, 0.4) is 0 Å². The Balaban J connectivity index is 1.44. The molecule has 7 heteroatoms. The second-order valence-electron chi connectivity index (χ2n) is 10.9. The normalized spacial score (nSPS) is 17.8. The van der Waals surface area contributed by atoms with Crippen molar-refractivity contribution in [3.63, 3.8) is 0 Å². The van der Waals surface area contributed by atoms with E-state index in [4.69, 9.17) is 9.72 Å². The van der Waals surface area contributed by atoms with Crippen molar-refractivity contribution in [2.45, 2.75) is 52.0 Å². The minimum absolute atomic E-state index is 0.110. The van der Waals surface area contributed by atoms with Crippen LogP contribution >= 0.6 is 0 Å². The fourth-order valence-electron chi connectivity index (χ4n) is 5.21. The van der Waals surface area contributed by atoms with Gasteiger partial charge < -0.3 is 20.1 Å². The number of amides is 2. The first-order valence-corrected chi connectivity index (χ1v) is 13.0. The maximum atomic E-state index is 13.4. The first-order chi connectivity index (χ1) is 17.7. The Morgan fingerprint density at radius 3 is 2.35 bits per heavy atom. The molecule has 0 bridgehead atoms. The minimum Gasteiger partial charge on any atom is -0.496 e. The standard InChI is InChI=1S/C30H37N3O4/c1-30(2,3)33(29(35)36)19-21-15-13-20(14-16-21)18-31-28(34)24-17-26(23-10-6-8-12-27(23)37-4)32-25-11-7-5-9-22(24)25/h5-12,17,20-21H,13-16,18-19H2,1-4H3,(H,31,34)(H,35,36). The highest BCUT2D eigenvalue weighted by molar-refractivity contribution is 6.07. The van der Waals surface area contributed by atoms with Crippen LogP contribution in [-0.2, 0) is 0 Å². The largest absolute Gasteiger partial charge is 0.496 e. The minimum atomic E-state index is -0.862. The zero-order chi connectivity index (χ0) is 26.6. The van der Waals surface area contributed by atoms with Gasteiger partial charge in [-0.25, -0.2) is 9.78 Å². The van der Waals surface area contributed by atoms with E-state index in [1.807, 2.05) is 75.4 Å². The molecule has 4 rings (SSSR count). The van der Waals surface area contributed by atoms with E-state index < -0.39 is 11.6 Å². The number of pyridine rings is 1. The van der Waals surface area contributed by atoms with Crippen LogP contribution in [0.2, 0.25) is 0 Å². The number of carbonyl (C=O) groups excluding carboxylic acids is 1. The maximum Gasteiger partial charge on any atom is 0.407 e. The highest BCUT2D eigenvalue weighted by Crippen LogP contribution is 2.32. The number of nitrogens with zero attached hydrogens (tertiary/aromatic N) is 2. The monoisotopic (exact) mass is 503 g/mol. The molecule has 0 unspecified atom stereocenters. The summed E-state index contributed by atoms with van der Waals surface area (Å²) in [6, 6.07) is 17.2. The third-order valence-electron chi connectivity index (χ3n) is 7.34. The lowest BCUT2D eigenvalue weighted by Gasteiger charge is -2.38. The Hall–Kier alpha value is -3.61. The molecule has 1 aromatic heterocycles. The van der Waals surface area contributed by atoms with Gasteiger partial charge in [0.15, 0.2) is 0 Å². The summed E-state index contributed by atoms with van der Waals surface area (Å²) in [5.41, 5.74) is 2.49. The number of carboxylic acid groups (broad SMARTS) is 1. The molecule has 37 heavy (non-hydrogen) atoms. The van der Waals surface area contributed by atoms with E-state index in [0.717, 1.165) is 42.1 Å². The molecule has 7 nitrogen and oxygen atoms in total. The van der Waals surface area contributed by atoms with E-state index in [2.05, 4.69) is 5.32 Å². The molecular weight excluding hydrogens is 466 g/mol. The quantitative estimate of drug-likeness (QED) is 0.399. The van der Waals surface area contributed by atoms with Crippen LogP contribution in [0.5, 0.6) is 5.75 Å². The molecule has 1 fully saturated rings. The number of benzene rings is 2. The molecule has 1 heterocycles. The summed E-state index contributed by atoms with van der Waals surface area (Å²) in [4.78, 5) is 31.5. The molecular formula is C30H37N3O4. The summed E-state index contributed by atoms with van der Waals surface area (Å²) < 4.78 is 5.53. The van der Waals surface area contributed by atoms with E-state index in [1.165, 1.54) is 0 Å². The number of fused-ring (bicyclic) bond motifs is 1. The molecule has 0 spiro atoms. The number of nitrogens with one attached hydrogen (secondary N) is 1. The maximum absolute atomic E-state index is 13.4. The number of para-hydroxylation sites is 2. The molecule has 1 aliphatic rings. The van der Waals surface area contributed by atoms with E-state index in [-0.39, 0.29) is 5.91 Å². The summed E-state index contributed by atoms with van der Waals surface area (Å²) in [5.74, 6) is 1.34. The lowest BCUT2D eigenvalue weighted by Crippen LogP contribution is -2.47. The smallest absolute Gasteiger partial charge is 0.407 e. The van der Waals surface area contributed by atoms with E-state index in [1.54, 1.807) is 12.0 Å². The Morgan fingerprint density at radius 1 is 1.03 bits per heavy atom. The SMILES string of the molecule is COc1ccccc1-c1cc(C(=O)NCC2CCC(CN(C(=O)O)C(C)(C)C)CC2)c2ccccc2n1. The molecule has 0 saturated heterocycles. The molecule has 1 saturated carbocycles. The van der Waals surface area contributed by atoms with E-state index in [0.29, 0.717) is 41.9 Å². The lowest BCUT2D eigenvalue weighted by atomic mass is 9.81. The van der Waals surface area contributed by atoms with Gasteiger partial charge in [-0.05, 0) is 82.6 Å². The van der Waals surface area contributed by atoms with Gasteiger partial charge in [0.05, 0.1) is 23.9 Å². The predicted octanol–water partition coefficient (Wildman–Crippen LogP) is 6.23. The number of ether oxygens (including phenoxy) is 1. The molecule has 3 aromatic rings. The number of hydrogen-bond donors (Lipinski definition) is 2. The zero-order valence-corrected chi connectivity index (χ0v) is 22.2. The molecule has 196 valence electrons. The van der Waals surface area contributed by atoms with Crippen molar-refractivity contribution < 1.29 is 19.4 Å². The number of methoxy groups -OCH3 is 1. The Morgan fingerprint density at radius 2 is 1.68 bits per heavy atom. The average Bonchev–Trinajstić information content (AvgIpc) is 2.89. The first kappa shape index (κ1) is 26.5. The summed E-state index contributed by atoms with van der Waals surface area (Å²) >= 11 is 0. The number of hydrogen-bond acceptors (Lipinski definition) is 4. The van der Waals surface area contributed by atoms with Crippen molar-refractivity contribution >= 4 is 22.9 Å². The van der Waals surface area contributed by atoms with Crippen LogP contribution in [0.4, 0.5) is 4.79 Å². The van der Waals surface area contributed by atoms with Crippen LogP contribution in [0.1, 0.15) is 56.8 Å². The van der Waals surface area contributed by atoms with Crippen LogP contribution in [-0.4, -0.2) is 52.7 Å². The summed E-state index contributed by atoms with van der Waals surface area (Å²) in [6.07, 6.45) is 3.03. The van der Waals surface area contributed by atoms with Crippen LogP contribution in [0.25, 0.3) is 22.2 Å². The second-order valence-corrected chi connectivity index (χ2v) is 10.9. The van der Waals surface area contributed by atoms with E-state index >= 15 is 0 Å². The van der Waals surface area contributed by atoms with Gasteiger partial charge in [-0.2, -0.15) is 0 Å². The van der Waals surface area contributed by atoms with Gasteiger partial charge in [0, 0.05) is 29.6 Å². The molecule has 1 aliphatic carbocycles. The van der Waals surface area contributed by atoms with Crippen LogP contribution < -0.4 is 10.1 Å². The van der Waals surface area contributed by atoms with Crippen molar-refractivity contribution in [3.05, 3.63) is 60.2 Å². The summed E-state index contributed by atoms with van der Waals surface area (Å²) in [6.45, 7) is 6.97.